The van der Waals surface area contributed by atoms with Crippen LogP contribution >= 0.6 is 0 Å². The fourth-order valence-corrected chi connectivity index (χ4v) is 5.96. The van der Waals surface area contributed by atoms with Gasteiger partial charge in [-0.05, 0) is 73.9 Å². The molecule has 2 aliphatic heterocycles. The van der Waals surface area contributed by atoms with E-state index in [1.54, 1.807) is 18.1 Å². The first kappa shape index (κ1) is 29.8. The Morgan fingerprint density at radius 2 is 1.95 bits per heavy atom. The fourth-order valence-electron chi connectivity index (χ4n) is 5.96. The molecule has 3 aliphatic rings. The van der Waals surface area contributed by atoms with Crippen molar-refractivity contribution in [3.8, 4) is 6.07 Å². The van der Waals surface area contributed by atoms with E-state index in [2.05, 4.69) is 16.4 Å². The van der Waals surface area contributed by atoms with E-state index in [9.17, 15) is 14.9 Å². The normalized spacial score (nSPS) is 20.7. The SMILES string of the molecule is COC1CC(Cc2cc(NC(=O)N3CCCc4cc(CN5CCN(C)CC5=O)c(C(OC)OC)nc43)ncc2C#N)C1. The lowest BCUT2D eigenvalue weighted by Crippen LogP contribution is -2.48. The Kier molecular flexibility index (Phi) is 9.33. The van der Waals surface area contributed by atoms with Crippen LogP contribution in [-0.4, -0.2) is 92.4 Å². The van der Waals surface area contributed by atoms with E-state index in [0.29, 0.717) is 55.0 Å². The second-order valence-corrected chi connectivity index (χ2v) is 11.3. The lowest BCUT2D eigenvalue weighted by molar-refractivity contribution is -0.136. The molecule has 12 heteroatoms. The summed E-state index contributed by atoms with van der Waals surface area (Å²) in [6.07, 6.45) is 5.20. The molecule has 0 spiro atoms. The van der Waals surface area contributed by atoms with Crippen LogP contribution in [0.15, 0.2) is 18.3 Å². The van der Waals surface area contributed by atoms with E-state index in [1.165, 1.54) is 20.4 Å². The van der Waals surface area contributed by atoms with E-state index < -0.39 is 6.29 Å². The van der Waals surface area contributed by atoms with E-state index in [0.717, 1.165) is 55.3 Å². The van der Waals surface area contributed by atoms with Crippen molar-refractivity contribution < 1.29 is 23.8 Å². The van der Waals surface area contributed by atoms with Gasteiger partial charge in [0.1, 0.15) is 23.4 Å². The number of hydrogen-bond acceptors (Lipinski definition) is 9. The van der Waals surface area contributed by atoms with Crippen molar-refractivity contribution >= 4 is 23.6 Å². The fraction of sp³-hybridized carbons (Fsp3) is 0.567. The summed E-state index contributed by atoms with van der Waals surface area (Å²) in [7, 11) is 6.74. The van der Waals surface area contributed by atoms with Gasteiger partial charge in [-0.3, -0.25) is 19.9 Å². The number of nitrogens with zero attached hydrogens (tertiary/aromatic N) is 6. The van der Waals surface area contributed by atoms with Crippen molar-refractivity contribution in [2.75, 3.05) is 64.8 Å². The molecule has 0 aromatic carbocycles. The molecule has 0 unspecified atom stereocenters. The summed E-state index contributed by atoms with van der Waals surface area (Å²) in [5, 5.41) is 12.5. The average Bonchev–Trinajstić information content (AvgIpc) is 2.96. The van der Waals surface area contributed by atoms with E-state index in [1.807, 2.05) is 22.9 Å². The minimum atomic E-state index is -0.758. The number of pyridine rings is 2. The van der Waals surface area contributed by atoms with Crippen molar-refractivity contribution in [3.63, 3.8) is 0 Å². The lowest BCUT2D eigenvalue weighted by Gasteiger charge is -2.34. The molecule has 1 N–H and O–H groups in total. The Labute approximate surface area is 246 Å². The van der Waals surface area contributed by atoms with Gasteiger partial charge in [0.25, 0.3) is 0 Å². The van der Waals surface area contributed by atoms with Gasteiger partial charge in [0.2, 0.25) is 12.2 Å². The molecule has 4 heterocycles. The molecule has 2 fully saturated rings. The van der Waals surface area contributed by atoms with Gasteiger partial charge in [0.15, 0.2) is 0 Å². The number of nitrogens with one attached hydrogen (secondary N) is 1. The first-order chi connectivity index (χ1) is 20.3. The standard InChI is InChI=1S/C30H39N7O5/c1-35-8-9-36(26(38)18-35)17-22-13-20-6-5-7-37(28(20)34-27(22)29(41-3)42-4)30(39)33-25-14-21(23(15-31)16-32-25)10-19-11-24(12-19)40-2/h13-14,16,19,24,29H,5-12,17-18H2,1-4H3,(H,32,33,39). The van der Waals surface area contributed by atoms with Crippen molar-refractivity contribution in [1.29, 1.82) is 5.26 Å². The van der Waals surface area contributed by atoms with Crippen LogP contribution in [0.25, 0.3) is 0 Å². The topological polar surface area (TPSA) is 133 Å². The zero-order chi connectivity index (χ0) is 29.8. The Morgan fingerprint density at radius 1 is 1.17 bits per heavy atom. The highest BCUT2D eigenvalue weighted by atomic mass is 16.7. The number of hydrogen-bond donors (Lipinski definition) is 1. The molecule has 3 amide bonds. The Balaban J connectivity index is 1.38. The number of nitriles is 1. The molecule has 1 saturated carbocycles. The van der Waals surface area contributed by atoms with Crippen LogP contribution < -0.4 is 10.2 Å². The van der Waals surface area contributed by atoms with E-state index >= 15 is 0 Å². The predicted octanol–water partition coefficient (Wildman–Crippen LogP) is 2.87. The third kappa shape index (κ3) is 6.39. The number of aryl methyl sites for hydroxylation is 1. The van der Waals surface area contributed by atoms with Crippen molar-refractivity contribution in [2.45, 2.75) is 51.0 Å². The Bertz CT molecular complexity index is 1350. The maximum Gasteiger partial charge on any atom is 0.328 e. The zero-order valence-corrected chi connectivity index (χ0v) is 24.8. The molecular weight excluding hydrogens is 538 g/mol. The number of piperazine rings is 1. The van der Waals surface area contributed by atoms with Crippen molar-refractivity contribution in [2.24, 2.45) is 5.92 Å². The second-order valence-electron chi connectivity index (χ2n) is 11.3. The number of amides is 3. The highest BCUT2D eigenvalue weighted by Crippen LogP contribution is 2.34. The molecule has 1 saturated heterocycles. The van der Waals surface area contributed by atoms with Crippen LogP contribution in [0.4, 0.5) is 16.4 Å². The maximum atomic E-state index is 13.6. The second kappa shape index (κ2) is 13.1. The molecule has 1 aliphatic carbocycles. The molecule has 42 heavy (non-hydrogen) atoms. The van der Waals surface area contributed by atoms with Crippen LogP contribution in [-0.2, 0) is 38.4 Å². The minimum absolute atomic E-state index is 0.0601. The van der Waals surface area contributed by atoms with E-state index in [4.69, 9.17) is 19.2 Å². The predicted molar refractivity (Wildman–Crippen MR) is 155 cm³/mol. The van der Waals surface area contributed by atoms with Gasteiger partial charge in [0, 0.05) is 53.7 Å². The van der Waals surface area contributed by atoms with Gasteiger partial charge >= 0.3 is 6.03 Å². The van der Waals surface area contributed by atoms with Crippen LogP contribution in [0.5, 0.6) is 0 Å². The number of aromatic nitrogens is 2. The Morgan fingerprint density at radius 3 is 2.64 bits per heavy atom. The monoisotopic (exact) mass is 577 g/mol. The van der Waals surface area contributed by atoms with Gasteiger partial charge in [-0.2, -0.15) is 5.26 Å². The summed E-state index contributed by atoms with van der Waals surface area (Å²) in [6, 6.07) is 5.69. The Hall–Kier alpha value is -3.63. The smallest absolute Gasteiger partial charge is 0.328 e. The maximum absolute atomic E-state index is 13.6. The molecule has 224 valence electrons. The largest absolute Gasteiger partial charge is 0.381 e. The summed E-state index contributed by atoms with van der Waals surface area (Å²) in [4.78, 5) is 41.0. The molecule has 0 bridgehead atoms. The van der Waals surface area contributed by atoms with Crippen LogP contribution in [0.2, 0.25) is 0 Å². The number of likely N-dealkylation sites (N-methyl/N-ethyl adjacent to an activating group) is 1. The van der Waals surface area contributed by atoms with Gasteiger partial charge < -0.3 is 19.1 Å². The summed E-state index contributed by atoms with van der Waals surface area (Å²) >= 11 is 0. The number of carbonyl (C=O) groups is 2. The van der Waals surface area contributed by atoms with Gasteiger partial charge in [-0.25, -0.2) is 14.8 Å². The highest BCUT2D eigenvalue weighted by molar-refractivity contribution is 6.01. The number of urea groups is 1. The third-order valence-electron chi connectivity index (χ3n) is 8.42. The van der Waals surface area contributed by atoms with Crippen molar-refractivity contribution in [1.82, 2.24) is 19.8 Å². The first-order valence-electron chi connectivity index (χ1n) is 14.4. The summed E-state index contributed by atoms with van der Waals surface area (Å²) in [6.45, 7) is 2.67. The van der Waals surface area contributed by atoms with Crippen LogP contribution in [0.3, 0.4) is 0 Å². The number of fused-ring (bicyclic) bond motifs is 1. The van der Waals surface area contributed by atoms with Crippen LogP contribution in [0, 0.1) is 17.2 Å². The molecule has 12 nitrogen and oxygen atoms in total. The molecule has 0 radical (unpaired) electrons. The quantitative estimate of drug-likeness (QED) is 0.447. The molecular formula is C30H39N7O5. The zero-order valence-electron chi connectivity index (χ0n) is 24.8. The number of methoxy groups -OCH3 is 3. The minimum Gasteiger partial charge on any atom is -0.381 e. The van der Waals surface area contributed by atoms with Gasteiger partial charge in [-0.15, -0.1) is 0 Å². The number of anilines is 2. The van der Waals surface area contributed by atoms with Crippen LogP contribution in [0.1, 0.15) is 53.5 Å². The molecule has 0 atom stereocenters. The van der Waals surface area contributed by atoms with Gasteiger partial charge in [-0.1, -0.05) is 0 Å². The summed E-state index contributed by atoms with van der Waals surface area (Å²) in [5.74, 6) is 1.43. The molecule has 5 rings (SSSR count). The number of rotatable bonds is 9. The summed E-state index contributed by atoms with van der Waals surface area (Å²) < 4.78 is 16.5. The number of carbonyl (C=O) groups excluding carboxylic acids is 2. The summed E-state index contributed by atoms with van der Waals surface area (Å²) in [5.41, 5.74) is 3.69. The average molecular weight is 578 g/mol. The number of ether oxygens (including phenoxy) is 3. The molecule has 2 aromatic rings. The highest BCUT2D eigenvalue weighted by Gasteiger charge is 2.32. The molecule has 2 aromatic heterocycles. The van der Waals surface area contributed by atoms with Crippen molar-refractivity contribution in [3.05, 3.63) is 46.3 Å². The van der Waals surface area contributed by atoms with E-state index in [-0.39, 0.29) is 18.0 Å². The lowest BCUT2D eigenvalue weighted by atomic mass is 9.78. The first-order valence-corrected chi connectivity index (χ1v) is 14.4. The third-order valence-corrected chi connectivity index (χ3v) is 8.42. The van der Waals surface area contributed by atoms with Gasteiger partial charge in [0.05, 0.1) is 18.2 Å².